The van der Waals surface area contributed by atoms with Gasteiger partial charge >= 0.3 is 0 Å². The number of aliphatic hydroxyl groups is 1. The van der Waals surface area contributed by atoms with Crippen LogP contribution in [0.1, 0.15) is 63.4 Å². The molecular weight excluding hydrogens is 306 g/mol. The molecule has 2 aliphatic carbocycles. The number of hydrogen-bond acceptors (Lipinski definition) is 2. The predicted octanol–water partition coefficient (Wildman–Crippen LogP) is 5.13. The fourth-order valence-corrected chi connectivity index (χ4v) is 5.02. The summed E-state index contributed by atoms with van der Waals surface area (Å²) in [4.78, 5) is 2.25. The van der Waals surface area contributed by atoms with E-state index in [-0.39, 0.29) is 0 Å². The summed E-state index contributed by atoms with van der Waals surface area (Å²) in [6.45, 7) is 0.981. The van der Waals surface area contributed by atoms with Gasteiger partial charge in [-0.2, -0.15) is 0 Å². The Morgan fingerprint density at radius 1 is 1.04 bits per heavy atom. The van der Waals surface area contributed by atoms with Gasteiger partial charge < -0.3 is 10.0 Å². The van der Waals surface area contributed by atoms with Crippen LogP contribution in [0.25, 0.3) is 6.08 Å². The summed E-state index contributed by atoms with van der Waals surface area (Å²) in [5.41, 5.74) is 1.88. The maximum Gasteiger partial charge on any atom is 0.0902 e. The van der Waals surface area contributed by atoms with E-state index >= 15 is 0 Å². The minimum absolute atomic E-state index is 0.355. The van der Waals surface area contributed by atoms with Gasteiger partial charge in [0, 0.05) is 12.5 Å². The molecule has 0 saturated heterocycles. The number of nitrogens with zero attached hydrogens (tertiary/aromatic N) is 1. The van der Waals surface area contributed by atoms with Gasteiger partial charge in [-0.15, -0.1) is 0 Å². The van der Waals surface area contributed by atoms with E-state index in [1.165, 1.54) is 49.7 Å². The van der Waals surface area contributed by atoms with E-state index < -0.39 is 5.60 Å². The van der Waals surface area contributed by atoms with Gasteiger partial charge in [-0.3, -0.25) is 0 Å². The highest BCUT2D eigenvalue weighted by atomic mass is 16.3. The molecule has 3 rings (SSSR count). The third kappa shape index (κ3) is 4.74. The van der Waals surface area contributed by atoms with E-state index in [2.05, 4.69) is 55.4 Å². The van der Waals surface area contributed by atoms with Crippen molar-refractivity contribution in [1.29, 1.82) is 0 Å². The van der Waals surface area contributed by atoms with Gasteiger partial charge in [0.15, 0.2) is 0 Å². The Kier molecular flexibility index (Phi) is 6.35. The molecule has 0 amide bonds. The van der Waals surface area contributed by atoms with Gasteiger partial charge in [0.2, 0.25) is 0 Å². The number of benzene rings is 1. The summed E-state index contributed by atoms with van der Waals surface area (Å²) >= 11 is 0. The molecule has 138 valence electrons. The summed E-state index contributed by atoms with van der Waals surface area (Å²) in [5, 5.41) is 12.0. The van der Waals surface area contributed by atoms with Crippen LogP contribution in [0.15, 0.2) is 35.9 Å². The number of hydrogen-bond donors (Lipinski definition) is 1. The summed E-state index contributed by atoms with van der Waals surface area (Å²) in [7, 11) is 4.27. The Morgan fingerprint density at radius 2 is 1.76 bits per heavy atom. The molecule has 1 aromatic carbocycles. The van der Waals surface area contributed by atoms with Crippen LogP contribution in [0.3, 0.4) is 0 Å². The molecule has 25 heavy (non-hydrogen) atoms. The van der Waals surface area contributed by atoms with E-state index in [9.17, 15) is 5.11 Å². The second-order valence-corrected chi connectivity index (χ2v) is 8.56. The molecule has 2 unspecified atom stereocenters. The smallest absolute Gasteiger partial charge is 0.0902 e. The average Bonchev–Trinajstić information content (AvgIpc) is 2.60. The van der Waals surface area contributed by atoms with Crippen molar-refractivity contribution in [2.24, 2.45) is 11.8 Å². The molecule has 0 spiro atoms. The lowest BCUT2D eigenvalue weighted by atomic mass is 9.66. The lowest BCUT2D eigenvalue weighted by Gasteiger charge is -2.45. The SMILES string of the molecule is CN(C)CC1CCC/C(=C/c2ccccc2)C1(O)CC1CCCCC1. The summed E-state index contributed by atoms with van der Waals surface area (Å²) < 4.78 is 0. The fourth-order valence-electron chi connectivity index (χ4n) is 5.02. The molecule has 2 heteroatoms. The molecule has 0 heterocycles. The fraction of sp³-hybridized carbons (Fsp3) is 0.652. The zero-order chi connectivity index (χ0) is 17.7. The summed E-state index contributed by atoms with van der Waals surface area (Å²) in [6.07, 6.45) is 13.3. The van der Waals surface area contributed by atoms with Crippen molar-refractivity contribution < 1.29 is 5.11 Å². The third-order valence-corrected chi connectivity index (χ3v) is 6.28. The average molecular weight is 342 g/mol. The molecule has 2 aliphatic rings. The van der Waals surface area contributed by atoms with Crippen LogP contribution in [0.5, 0.6) is 0 Å². The molecule has 2 fully saturated rings. The van der Waals surface area contributed by atoms with Gasteiger partial charge in [0.05, 0.1) is 5.60 Å². The first-order valence-corrected chi connectivity index (χ1v) is 10.2. The molecule has 1 N–H and O–H groups in total. The highest BCUT2D eigenvalue weighted by Crippen LogP contribution is 2.45. The standard InChI is InChI=1S/C23H35NO/c1-24(2)18-22-15-9-14-21(16-19-10-5-3-6-11-19)23(22,25)17-20-12-7-4-8-13-20/h3,5-6,10-11,16,20,22,25H,4,7-9,12-15,17-18H2,1-2H3/b21-16-. The van der Waals surface area contributed by atoms with Crippen molar-refractivity contribution in [3.8, 4) is 0 Å². The maximum atomic E-state index is 12.0. The topological polar surface area (TPSA) is 23.5 Å². The molecule has 2 saturated carbocycles. The van der Waals surface area contributed by atoms with Crippen LogP contribution in [0.4, 0.5) is 0 Å². The van der Waals surface area contributed by atoms with Crippen molar-refractivity contribution in [1.82, 2.24) is 4.90 Å². The first kappa shape index (κ1) is 18.7. The van der Waals surface area contributed by atoms with Gasteiger partial charge in [0.25, 0.3) is 0 Å². The second-order valence-electron chi connectivity index (χ2n) is 8.56. The van der Waals surface area contributed by atoms with Gasteiger partial charge in [-0.25, -0.2) is 0 Å². The Hall–Kier alpha value is -1.12. The van der Waals surface area contributed by atoms with Crippen LogP contribution in [0.2, 0.25) is 0 Å². The number of rotatable bonds is 5. The Labute approximate surface area is 153 Å². The minimum atomic E-state index is -0.625. The van der Waals surface area contributed by atoms with Gasteiger partial charge in [-0.1, -0.05) is 68.5 Å². The second kappa shape index (κ2) is 8.51. The normalized spacial score (nSPS) is 30.1. The summed E-state index contributed by atoms with van der Waals surface area (Å²) in [5.74, 6) is 1.05. The molecule has 0 aromatic heterocycles. The Balaban J connectivity index is 1.88. The lowest BCUT2D eigenvalue weighted by Crippen LogP contribution is -2.48. The van der Waals surface area contributed by atoms with E-state index in [4.69, 9.17) is 0 Å². The molecule has 0 bridgehead atoms. The Bertz CT molecular complexity index is 559. The monoisotopic (exact) mass is 341 g/mol. The van der Waals surface area contributed by atoms with E-state index in [1.54, 1.807) is 0 Å². The van der Waals surface area contributed by atoms with Gasteiger partial charge in [0.1, 0.15) is 0 Å². The molecule has 0 aliphatic heterocycles. The van der Waals surface area contributed by atoms with Crippen LogP contribution < -0.4 is 0 Å². The van der Waals surface area contributed by atoms with E-state index in [0.29, 0.717) is 11.8 Å². The molecule has 0 radical (unpaired) electrons. The third-order valence-electron chi connectivity index (χ3n) is 6.28. The highest BCUT2D eigenvalue weighted by Gasteiger charge is 2.44. The quantitative estimate of drug-likeness (QED) is 0.802. The van der Waals surface area contributed by atoms with Crippen LogP contribution in [-0.2, 0) is 0 Å². The molecular formula is C23H35NO. The van der Waals surface area contributed by atoms with Crippen LogP contribution in [-0.4, -0.2) is 36.2 Å². The lowest BCUT2D eigenvalue weighted by molar-refractivity contribution is -0.0349. The van der Waals surface area contributed by atoms with Crippen molar-refractivity contribution in [2.75, 3.05) is 20.6 Å². The maximum absolute atomic E-state index is 12.0. The summed E-state index contributed by atoms with van der Waals surface area (Å²) in [6, 6.07) is 10.6. The first-order chi connectivity index (χ1) is 12.1. The Morgan fingerprint density at radius 3 is 2.44 bits per heavy atom. The largest absolute Gasteiger partial charge is 0.385 e. The van der Waals surface area contributed by atoms with Crippen LogP contribution in [0, 0.1) is 11.8 Å². The van der Waals surface area contributed by atoms with Crippen molar-refractivity contribution in [2.45, 2.75) is 63.4 Å². The highest BCUT2D eigenvalue weighted by molar-refractivity contribution is 5.55. The van der Waals surface area contributed by atoms with Crippen molar-refractivity contribution >= 4 is 6.08 Å². The zero-order valence-corrected chi connectivity index (χ0v) is 16.1. The van der Waals surface area contributed by atoms with Crippen molar-refractivity contribution in [3.05, 3.63) is 41.5 Å². The van der Waals surface area contributed by atoms with E-state index in [0.717, 1.165) is 25.8 Å². The van der Waals surface area contributed by atoms with Crippen molar-refractivity contribution in [3.63, 3.8) is 0 Å². The van der Waals surface area contributed by atoms with E-state index in [1.807, 2.05) is 0 Å². The minimum Gasteiger partial charge on any atom is -0.385 e. The molecule has 2 nitrogen and oxygen atoms in total. The zero-order valence-electron chi connectivity index (χ0n) is 16.1. The first-order valence-electron chi connectivity index (χ1n) is 10.2. The molecule has 1 aromatic rings. The predicted molar refractivity (Wildman–Crippen MR) is 106 cm³/mol. The van der Waals surface area contributed by atoms with Crippen LogP contribution >= 0.6 is 0 Å². The molecule has 2 atom stereocenters. The van der Waals surface area contributed by atoms with Gasteiger partial charge in [-0.05, 0) is 56.8 Å².